The Morgan fingerprint density at radius 3 is 2.26 bits per heavy atom. The Morgan fingerprint density at radius 1 is 0.857 bits per heavy atom. The number of carbonyl (C=O) groups is 3. The van der Waals surface area contributed by atoms with Crippen molar-refractivity contribution in [1.82, 2.24) is 10.2 Å². The van der Waals surface area contributed by atoms with E-state index in [1.807, 2.05) is 60.7 Å². The highest BCUT2D eigenvalue weighted by Crippen LogP contribution is 2.53. The van der Waals surface area contributed by atoms with Crippen LogP contribution in [0, 0.1) is 17.7 Å². The van der Waals surface area contributed by atoms with Crippen LogP contribution in [0.3, 0.4) is 0 Å². The molecule has 6 nitrogen and oxygen atoms in total. The maximum absolute atomic E-state index is 14.3. The van der Waals surface area contributed by atoms with Gasteiger partial charge in [0.05, 0.1) is 11.8 Å². The first-order valence-corrected chi connectivity index (χ1v) is 11.8. The minimum absolute atomic E-state index is 0.237. The maximum Gasteiger partial charge on any atom is 0.250 e. The minimum atomic E-state index is -1.49. The van der Waals surface area contributed by atoms with Crippen LogP contribution in [0.25, 0.3) is 0 Å². The van der Waals surface area contributed by atoms with Crippen molar-refractivity contribution in [2.75, 3.05) is 11.9 Å². The summed E-state index contributed by atoms with van der Waals surface area (Å²) in [6.07, 6.45) is 0.992. The average Bonchev–Trinajstić information content (AvgIpc) is 3.44. The Kier molecular flexibility index (Phi) is 5.04. The molecule has 0 saturated carbocycles. The number of carbonyl (C=O) groups excluding carboxylic acids is 3. The van der Waals surface area contributed by atoms with Crippen molar-refractivity contribution >= 4 is 23.4 Å². The summed E-state index contributed by atoms with van der Waals surface area (Å²) in [5.74, 6) is -3.25. The fourth-order valence-electron chi connectivity index (χ4n) is 5.98. The normalized spacial score (nSPS) is 26.8. The zero-order valence-electron chi connectivity index (χ0n) is 18.9. The van der Waals surface area contributed by atoms with E-state index < -0.39 is 35.1 Å². The first-order valence-electron chi connectivity index (χ1n) is 11.8. The predicted molar refractivity (Wildman–Crippen MR) is 128 cm³/mol. The molecule has 4 atom stereocenters. The molecule has 7 heteroatoms. The van der Waals surface area contributed by atoms with Gasteiger partial charge in [0.25, 0.3) is 0 Å². The van der Waals surface area contributed by atoms with Crippen LogP contribution in [0.4, 0.5) is 10.1 Å². The van der Waals surface area contributed by atoms with Crippen molar-refractivity contribution in [3.05, 3.63) is 101 Å². The summed E-state index contributed by atoms with van der Waals surface area (Å²) in [6, 6.07) is 22.9. The Balaban J connectivity index is 1.41. The van der Waals surface area contributed by atoms with E-state index in [0.717, 1.165) is 11.1 Å². The van der Waals surface area contributed by atoms with Gasteiger partial charge in [0, 0.05) is 23.8 Å². The second kappa shape index (κ2) is 8.13. The fraction of sp³-hybridized carbons (Fsp3) is 0.250. The zero-order chi connectivity index (χ0) is 24.2. The van der Waals surface area contributed by atoms with Gasteiger partial charge in [-0.3, -0.25) is 24.6 Å². The molecule has 3 aliphatic rings. The second-order valence-corrected chi connectivity index (χ2v) is 9.46. The van der Waals surface area contributed by atoms with Crippen LogP contribution in [0.5, 0.6) is 0 Å². The number of rotatable bonds is 5. The van der Waals surface area contributed by atoms with E-state index in [1.54, 1.807) is 0 Å². The number of imide groups is 1. The first kappa shape index (κ1) is 21.7. The molecule has 0 aromatic heterocycles. The molecule has 3 aliphatic heterocycles. The van der Waals surface area contributed by atoms with Crippen LogP contribution >= 0.6 is 0 Å². The molecule has 176 valence electrons. The molecule has 3 amide bonds. The standard InChI is InChI=1S/C28H24FN3O3/c29-19-11-12-21-20(16-19)28(27(35)30-21)24-23(22(31-28)15-18-9-5-2-6-10-18)25(33)32(26(24)34)14-13-17-7-3-1-4-8-17/h1-12,16,22-24,31H,13-15H2,(H,30,35)/t22-,23+,24-,28+/m0/s1. The lowest BCUT2D eigenvalue weighted by Crippen LogP contribution is -2.53. The molecule has 3 aromatic carbocycles. The van der Waals surface area contributed by atoms with Crippen molar-refractivity contribution in [3.63, 3.8) is 0 Å². The molecule has 0 bridgehead atoms. The molecule has 3 aromatic rings. The van der Waals surface area contributed by atoms with Crippen molar-refractivity contribution in [2.24, 2.45) is 11.8 Å². The van der Waals surface area contributed by atoms with E-state index in [4.69, 9.17) is 0 Å². The largest absolute Gasteiger partial charge is 0.324 e. The molecule has 2 saturated heterocycles. The van der Waals surface area contributed by atoms with E-state index in [0.29, 0.717) is 24.1 Å². The van der Waals surface area contributed by atoms with Crippen molar-refractivity contribution < 1.29 is 18.8 Å². The summed E-state index contributed by atoms with van der Waals surface area (Å²) < 4.78 is 14.3. The third kappa shape index (κ3) is 3.30. The Bertz CT molecular complexity index is 1330. The molecule has 0 unspecified atom stereocenters. The summed E-state index contributed by atoms with van der Waals surface area (Å²) in [6.45, 7) is 0.237. The number of hydrogen-bond donors (Lipinski definition) is 2. The van der Waals surface area contributed by atoms with Crippen molar-refractivity contribution in [1.29, 1.82) is 0 Å². The lowest BCUT2D eigenvalue weighted by Gasteiger charge is -2.29. The molecule has 2 fully saturated rings. The molecule has 3 heterocycles. The third-order valence-corrected chi connectivity index (χ3v) is 7.53. The monoisotopic (exact) mass is 469 g/mol. The van der Waals surface area contributed by atoms with E-state index in [9.17, 15) is 18.8 Å². The minimum Gasteiger partial charge on any atom is -0.324 e. The first-order chi connectivity index (χ1) is 17.0. The predicted octanol–water partition coefficient (Wildman–Crippen LogP) is 3.03. The SMILES string of the molecule is O=C1[C@@H]2[C@H](Cc3ccccc3)N[C@@]3(C(=O)Nc4ccc(F)cc43)[C@@H]2C(=O)N1CCc1ccccc1. The van der Waals surface area contributed by atoms with E-state index in [-0.39, 0.29) is 18.4 Å². The Morgan fingerprint density at radius 2 is 1.54 bits per heavy atom. The molecular formula is C28H24FN3O3. The topological polar surface area (TPSA) is 78.5 Å². The van der Waals surface area contributed by atoms with Gasteiger partial charge in [-0.05, 0) is 42.2 Å². The van der Waals surface area contributed by atoms with Crippen LogP contribution in [0.2, 0.25) is 0 Å². The highest BCUT2D eigenvalue weighted by molar-refractivity contribution is 6.15. The molecule has 0 radical (unpaired) electrons. The van der Waals surface area contributed by atoms with Crippen LogP contribution < -0.4 is 10.6 Å². The third-order valence-electron chi connectivity index (χ3n) is 7.53. The highest BCUT2D eigenvalue weighted by atomic mass is 19.1. The molecule has 1 spiro atoms. The zero-order valence-corrected chi connectivity index (χ0v) is 18.9. The van der Waals surface area contributed by atoms with Crippen LogP contribution in [-0.4, -0.2) is 35.2 Å². The lowest BCUT2D eigenvalue weighted by molar-refractivity contribution is -0.142. The summed E-state index contributed by atoms with van der Waals surface area (Å²) in [4.78, 5) is 42.3. The maximum atomic E-state index is 14.3. The number of likely N-dealkylation sites (tertiary alicyclic amines) is 1. The number of amides is 3. The number of fused-ring (bicyclic) bond motifs is 4. The number of anilines is 1. The fourth-order valence-corrected chi connectivity index (χ4v) is 5.98. The summed E-state index contributed by atoms with van der Waals surface area (Å²) in [5, 5.41) is 6.17. The molecule has 6 rings (SSSR count). The van der Waals surface area contributed by atoms with Gasteiger partial charge in [0.15, 0.2) is 0 Å². The van der Waals surface area contributed by atoms with Crippen LogP contribution in [0.15, 0.2) is 78.9 Å². The summed E-state index contributed by atoms with van der Waals surface area (Å²) >= 11 is 0. The van der Waals surface area contributed by atoms with Gasteiger partial charge in [-0.15, -0.1) is 0 Å². The van der Waals surface area contributed by atoms with Crippen molar-refractivity contribution in [2.45, 2.75) is 24.4 Å². The van der Waals surface area contributed by atoms with Gasteiger partial charge in [0.2, 0.25) is 17.7 Å². The van der Waals surface area contributed by atoms with E-state index in [2.05, 4.69) is 10.6 Å². The Hall–Kier alpha value is -3.84. The number of halogens is 1. The van der Waals surface area contributed by atoms with Crippen LogP contribution in [0.1, 0.15) is 16.7 Å². The molecule has 2 N–H and O–H groups in total. The number of benzene rings is 3. The van der Waals surface area contributed by atoms with Gasteiger partial charge in [-0.25, -0.2) is 4.39 Å². The summed E-state index contributed by atoms with van der Waals surface area (Å²) in [5.41, 5.74) is 1.37. The number of nitrogens with one attached hydrogen (secondary N) is 2. The lowest BCUT2D eigenvalue weighted by atomic mass is 9.76. The average molecular weight is 470 g/mol. The highest BCUT2D eigenvalue weighted by Gasteiger charge is 2.70. The quantitative estimate of drug-likeness (QED) is 0.563. The van der Waals surface area contributed by atoms with Gasteiger partial charge in [0.1, 0.15) is 11.4 Å². The number of hydrogen-bond acceptors (Lipinski definition) is 4. The molecule has 0 aliphatic carbocycles. The van der Waals surface area contributed by atoms with E-state index >= 15 is 0 Å². The summed E-state index contributed by atoms with van der Waals surface area (Å²) in [7, 11) is 0. The van der Waals surface area contributed by atoms with Crippen molar-refractivity contribution in [3.8, 4) is 0 Å². The molecule has 35 heavy (non-hydrogen) atoms. The Labute approximate surface area is 202 Å². The van der Waals surface area contributed by atoms with Gasteiger partial charge in [-0.1, -0.05) is 60.7 Å². The number of nitrogens with zero attached hydrogens (tertiary/aromatic N) is 1. The van der Waals surface area contributed by atoms with Gasteiger partial charge >= 0.3 is 0 Å². The second-order valence-electron chi connectivity index (χ2n) is 9.46. The van der Waals surface area contributed by atoms with Crippen LogP contribution in [-0.2, 0) is 32.8 Å². The van der Waals surface area contributed by atoms with Gasteiger partial charge < -0.3 is 5.32 Å². The van der Waals surface area contributed by atoms with Gasteiger partial charge in [-0.2, -0.15) is 0 Å². The van der Waals surface area contributed by atoms with E-state index in [1.165, 1.54) is 23.1 Å². The smallest absolute Gasteiger partial charge is 0.250 e. The molecular weight excluding hydrogens is 445 g/mol.